The van der Waals surface area contributed by atoms with E-state index in [1.165, 1.54) is 0 Å². The maximum absolute atomic E-state index is 14.7. The maximum atomic E-state index is 14.7. The lowest BCUT2D eigenvalue weighted by Crippen LogP contribution is -2.25. The molecular formula is C21H23FO3. The molecule has 4 heteroatoms. The van der Waals surface area contributed by atoms with Gasteiger partial charge in [0.25, 0.3) is 0 Å². The number of aliphatic carboxylic acids is 1. The minimum Gasteiger partial charge on any atom is -0.491 e. The van der Waals surface area contributed by atoms with Gasteiger partial charge in [-0.3, -0.25) is 4.79 Å². The smallest absolute Gasteiger partial charge is 0.303 e. The molecule has 25 heavy (non-hydrogen) atoms. The number of ether oxygens (including phenoxy) is 1. The van der Waals surface area contributed by atoms with Gasteiger partial charge in [0.1, 0.15) is 11.6 Å². The van der Waals surface area contributed by atoms with Gasteiger partial charge in [0.2, 0.25) is 0 Å². The highest BCUT2D eigenvalue weighted by molar-refractivity contribution is 5.68. The van der Waals surface area contributed by atoms with Crippen molar-refractivity contribution in [2.45, 2.75) is 45.1 Å². The molecule has 0 bridgehead atoms. The topological polar surface area (TPSA) is 46.5 Å². The highest BCUT2D eigenvalue weighted by atomic mass is 19.1. The fourth-order valence-corrected chi connectivity index (χ4v) is 3.49. The molecule has 0 unspecified atom stereocenters. The third-order valence-corrected chi connectivity index (χ3v) is 4.69. The van der Waals surface area contributed by atoms with Gasteiger partial charge in [0.15, 0.2) is 0 Å². The number of hydrogen-bond donors (Lipinski definition) is 1. The summed E-state index contributed by atoms with van der Waals surface area (Å²) >= 11 is 0. The van der Waals surface area contributed by atoms with Crippen LogP contribution in [-0.4, -0.2) is 17.2 Å². The summed E-state index contributed by atoms with van der Waals surface area (Å²) in [4.78, 5) is 10.8. The van der Waals surface area contributed by atoms with Gasteiger partial charge in [-0.25, -0.2) is 4.39 Å². The minimum absolute atomic E-state index is 0.0114. The molecule has 0 aliphatic heterocycles. The van der Waals surface area contributed by atoms with Gasteiger partial charge < -0.3 is 9.84 Å². The second-order valence-electron chi connectivity index (χ2n) is 7.03. The molecule has 1 aliphatic carbocycles. The van der Waals surface area contributed by atoms with Crippen molar-refractivity contribution in [2.24, 2.45) is 5.92 Å². The second-order valence-corrected chi connectivity index (χ2v) is 7.03. The Morgan fingerprint density at radius 3 is 2.52 bits per heavy atom. The number of carbonyl (C=O) groups is 1. The Morgan fingerprint density at radius 1 is 1.24 bits per heavy atom. The van der Waals surface area contributed by atoms with E-state index in [1.54, 1.807) is 12.1 Å². The van der Waals surface area contributed by atoms with E-state index in [4.69, 9.17) is 9.84 Å². The molecule has 1 fully saturated rings. The van der Waals surface area contributed by atoms with E-state index in [9.17, 15) is 9.18 Å². The predicted octanol–water partition coefficient (Wildman–Crippen LogP) is 5.25. The second kappa shape index (κ2) is 7.26. The Kier molecular flexibility index (Phi) is 5.07. The normalized spacial score (nSPS) is 19.5. The van der Waals surface area contributed by atoms with E-state index >= 15 is 0 Å². The highest BCUT2D eigenvalue weighted by Crippen LogP contribution is 2.47. The number of hydrogen-bond acceptors (Lipinski definition) is 2. The van der Waals surface area contributed by atoms with Crippen molar-refractivity contribution >= 4 is 5.97 Å². The SMILES string of the molecule is CC(C)Oc1cc(-c2ccccc2)c(F)cc1C1CC(CC(=O)O)C1. The third-order valence-electron chi connectivity index (χ3n) is 4.69. The number of rotatable bonds is 6. The summed E-state index contributed by atoms with van der Waals surface area (Å²) in [7, 11) is 0. The first-order chi connectivity index (χ1) is 11.9. The molecule has 0 aromatic heterocycles. The summed E-state index contributed by atoms with van der Waals surface area (Å²) < 4.78 is 20.7. The lowest BCUT2D eigenvalue weighted by Gasteiger charge is -2.36. The van der Waals surface area contributed by atoms with Crippen LogP contribution in [0.2, 0.25) is 0 Å². The van der Waals surface area contributed by atoms with E-state index in [-0.39, 0.29) is 30.2 Å². The van der Waals surface area contributed by atoms with Gasteiger partial charge >= 0.3 is 5.97 Å². The molecule has 2 aromatic carbocycles. The molecule has 1 saturated carbocycles. The molecule has 0 heterocycles. The number of carboxylic acid groups (broad SMARTS) is 1. The maximum Gasteiger partial charge on any atom is 0.303 e. The average molecular weight is 342 g/mol. The van der Waals surface area contributed by atoms with Crippen molar-refractivity contribution in [3.8, 4) is 16.9 Å². The first-order valence-corrected chi connectivity index (χ1v) is 8.71. The zero-order valence-electron chi connectivity index (χ0n) is 14.5. The Hall–Kier alpha value is -2.36. The van der Waals surface area contributed by atoms with Crippen molar-refractivity contribution in [3.63, 3.8) is 0 Å². The van der Waals surface area contributed by atoms with E-state index in [2.05, 4.69) is 0 Å². The number of halogens is 1. The van der Waals surface area contributed by atoms with Gasteiger partial charge in [-0.2, -0.15) is 0 Å². The largest absolute Gasteiger partial charge is 0.491 e. The number of carboxylic acids is 1. The van der Waals surface area contributed by atoms with Crippen LogP contribution in [0.3, 0.4) is 0 Å². The molecule has 0 spiro atoms. The van der Waals surface area contributed by atoms with Crippen LogP contribution in [0, 0.1) is 11.7 Å². The summed E-state index contributed by atoms with van der Waals surface area (Å²) in [6.45, 7) is 3.90. The number of benzene rings is 2. The van der Waals surface area contributed by atoms with Crippen LogP contribution in [0.25, 0.3) is 11.1 Å². The van der Waals surface area contributed by atoms with E-state index < -0.39 is 5.97 Å². The molecular weight excluding hydrogens is 319 g/mol. The van der Waals surface area contributed by atoms with Crippen LogP contribution in [-0.2, 0) is 4.79 Å². The van der Waals surface area contributed by atoms with Crippen molar-refractivity contribution in [2.75, 3.05) is 0 Å². The predicted molar refractivity (Wildman–Crippen MR) is 95.3 cm³/mol. The van der Waals surface area contributed by atoms with Gasteiger partial charge in [0, 0.05) is 17.5 Å². The van der Waals surface area contributed by atoms with Crippen molar-refractivity contribution < 1.29 is 19.0 Å². The zero-order chi connectivity index (χ0) is 18.0. The van der Waals surface area contributed by atoms with E-state index in [1.807, 2.05) is 44.2 Å². The quantitative estimate of drug-likeness (QED) is 0.780. The summed E-state index contributed by atoms with van der Waals surface area (Å²) in [6, 6.07) is 12.8. The van der Waals surface area contributed by atoms with Crippen LogP contribution >= 0.6 is 0 Å². The molecule has 2 aromatic rings. The van der Waals surface area contributed by atoms with Crippen LogP contribution in [0.1, 0.15) is 44.6 Å². The molecule has 0 amide bonds. The minimum atomic E-state index is -0.771. The van der Waals surface area contributed by atoms with Crippen LogP contribution < -0.4 is 4.74 Å². The van der Waals surface area contributed by atoms with Crippen LogP contribution in [0.15, 0.2) is 42.5 Å². The molecule has 3 rings (SSSR count). The zero-order valence-corrected chi connectivity index (χ0v) is 14.5. The lowest BCUT2D eigenvalue weighted by atomic mass is 9.69. The summed E-state index contributed by atoms with van der Waals surface area (Å²) in [5.74, 6) is 0.00409. The Labute approximate surface area is 147 Å². The van der Waals surface area contributed by atoms with E-state index in [0.717, 1.165) is 24.0 Å². The lowest BCUT2D eigenvalue weighted by molar-refractivity contribution is -0.138. The van der Waals surface area contributed by atoms with E-state index in [0.29, 0.717) is 11.3 Å². The van der Waals surface area contributed by atoms with Gasteiger partial charge in [0.05, 0.1) is 6.10 Å². The van der Waals surface area contributed by atoms with Crippen molar-refractivity contribution in [1.29, 1.82) is 0 Å². The Morgan fingerprint density at radius 2 is 1.92 bits per heavy atom. The first-order valence-electron chi connectivity index (χ1n) is 8.71. The Balaban J connectivity index is 1.90. The summed E-state index contributed by atoms with van der Waals surface area (Å²) in [6.07, 6.45) is 1.71. The Bertz CT molecular complexity index is 749. The molecule has 1 aliphatic rings. The highest BCUT2D eigenvalue weighted by Gasteiger charge is 2.34. The molecule has 0 saturated heterocycles. The van der Waals surface area contributed by atoms with Gasteiger partial charge in [-0.1, -0.05) is 30.3 Å². The monoisotopic (exact) mass is 342 g/mol. The summed E-state index contributed by atoms with van der Waals surface area (Å²) in [5, 5.41) is 8.90. The fraction of sp³-hybridized carbons (Fsp3) is 0.381. The van der Waals surface area contributed by atoms with Gasteiger partial charge in [-0.05, 0) is 56.2 Å². The van der Waals surface area contributed by atoms with Crippen molar-refractivity contribution in [1.82, 2.24) is 0 Å². The van der Waals surface area contributed by atoms with Crippen LogP contribution in [0.5, 0.6) is 5.75 Å². The van der Waals surface area contributed by atoms with Crippen molar-refractivity contribution in [3.05, 3.63) is 53.8 Å². The van der Waals surface area contributed by atoms with Crippen LogP contribution in [0.4, 0.5) is 4.39 Å². The third kappa shape index (κ3) is 4.01. The van der Waals surface area contributed by atoms with Gasteiger partial charge in [-0.15, -0.1) is 0 Å². The molecule has 1 N–H and O–H groups in total. The standard InChI is InChI=1S/C21H23FO3/c1-13(2)25-20-12-17(15-6-4-3-5-7-15)19(22)11-18(20)16-8-14(9-16)10-21(23)24/h3-7,11-14,16H,8-10H2,1-2H3,(H,23,24). The molecule has 3 nitrogen and oxygen atoms in total. The average Bonchev–Trinajstić information content (AvgIpc) is 2.52. The first kappa shape index (κ1) is 17.5. The molecule has 132 valence electrons. The fourth-order valence-electron chi connectivity index (χ4n) is 3.49. The molecule has 0 atom stereocenters. The molecule has 0 radical (unpaired) electrons. The summed E-state index contributed by atoms with van der Waals surface area (Å²) in [5.41, 5.74) is 2.20.